The van der Waals surface area contributed by atoms with Gasteiger partial charge in [-0.25, -0.2) is 4.98 Å². The predicted molar refractivity (Wildman–Crippen MR) is 76.8 cm³/mol. The van der Waals surface area contributed by atoms with Crippen LogP contribution in [0.3, 0.4) is 0 Å². The van der Waals surface area contributed by atoms with Crippen molar-refractivity contribution in [3.05, 3.63) is 22.7 Å². The van der Waals surface area contributed by atoms with Gasteiger partial charge in [0.15, 0.2) is 5.13 Å². The molecule has 0 spiro atoms. The summed E-state index contributed by atoms with van der Waals surface area (Å²) in [5, 5.41) is 11.5. The molecule has 1 saturated heterocycles. The van der Waals surface area contributed by atoms with Crippen molar-refractivity contribution in [2.24, 2.45) is 0 Å². The van der Waals surface area contributed by atoms with Crippen molar-refractivity contribution in [2.45, 2.75) is 25.9 Å². The monoisotopic (exact) mass is 282 g/mol. The van der Waals surface area contributed by atoms with Crippen molar-refractivity contribution in [1.82, 2.24) is 4.98 Å². The van der Waals surface area contributed by atoms with Crippen LogP contribution in [-0.2, 0) is 0 Å². The summed E-state index contributed by atoms with van der Waals surface area (Å²) in [4.78, 5) is 6.85. The Labute approximate surface area is 115 Å². The molecule has 0 aliphatic carbocycles. The van der Waals surface area contributed by atoms with E-state index in [0.717, 1.165) is 45.3 Å². The van der Waals surface area contributed by atoms with E-state index in [4.69, 9.17) is 11.6 Å². The molecule has 1 aliphatic heterocycles. The molecule has 2 aromatic rings. The Hall–Kier alpha value is -0.840. The fourth-order valence-corrected chi connectivity index (χ4v) is 3.57. The highest BCUT2D eigenvalue weighted by atomic mass is 35.5. The zero-order valence-corrected chi connectivity index (χ0v) is 11.8. The van der Waals surface area contributed by atoms with Crippen LogP contribution in [0.1, 0.15) is 18.4 Å². The molecule has 0 radical (unpaired) electrons. The Morgan fingerprint density at radius 2 is 2.33 bits per heavy atom. The zero-order valence-electron chi connectivity index (χ0n) is 10.2. The van der Waals surface area contributed by atoms with Gasteiger partial charge >= 0.3 is 0 Å². The smallest absolute Gasteiger partial charge is 0.186 e. The van der Waals surface area contributed by atoms with Crippen LogP contribution in [-0.4, -0.2) is 29.3 Å². The maximum Gasteiger partial charge on any atom is 0.186 e. The van der Waals surface area contributed by atoms with E-state index in [9.17, 15) is 5.11 Å². The molecule has 1 aliphatic rings. The average Bonchev–Trinajstić information content (AvgIpc) is 2.79. The van der Waals surface area contributed by atoms with Gasteiger partial charge in [0.25, 0.3) is 0 Å². The molecule has 1 unspecified atom stereocenters. The predicted octanol–water partition coefficient (Wildman–Crippen LogP) is 3.22. The number of halogens is 1. The normalized spacial score (nSPS) is 20.6. The molecule has 18 heavy (non-hydrogen) atoms. The molecule has 1 aromatic heterocycles. The van der Waals surface area contributed by atoms with Gasteiger partial charge in [-0.05, 0) is 37.5 Å². The van der Waals surface area contributed by atoms with Crippen LogP contribution in [0, 0.1) is 6.92 Å². The topological polar surface area (TPSA) is 36.4 Å². The van der Waals surface area contributed by atoms with Gasteiger partial charge in [-0.3, -0.25) is 0 Å². The number of hydrogen-bond acceptors (Lipinski definition) is 4. The van der Waals surface area contributed by atoms with E-state index >= 15 is 0 Å². The molecule has 1 atom stereocenters. The summed E-state index contributed by atoms with van der Waals surface area (Å²) < 4.78 is 1.16. The summed E-state index contributed by atoms with van der Waals surface area (Å²) in [6.07, 6.45) is 1.69. The Morgan fingerprint density at radius 1 is 1.50 bits per heavy atom. The largest absolute Gasteiger partial charge is 0.391 e. The molecule has 3 nitrogen and oxygen atoms in total. The SMILES string of the molecule is Cc1c(Cl)ccc2sc(N3CCCC(O)C3)nc12. The number of thiazole rings is 1. The molecule has 2 heterocycles. The highest BCUT2D eigenvalue weighted by molar-refractivity contribution is 7.22. The van der Waals surface area contributed by atoms with E-state index in [0.29, 0.717) is 6.54 Å². The van der Waals surface area contributed by atoms with E-state index in [-0.39, 0.29) is 6.10 Å². The van der Waals surface area contributed by atoms with E-state index in [2.05, 4.69) is 9.88 Å². The van der Waals surface area contributed by atoms with Crippen LogP contribution in [0.4, 0.5) is 5.13 Å². The number of rotatable bonds is 1. The fourth-order valence-electron chi connectivity index (χ4n) is 2.35. The molecule has 3 rings (SSSR count). The number of β-amino-alcohol motifs (C(OH)–C–C–N with tert-alkyl or cyclic N) is 1. The van der Waals surface area contributed by atoms with Gasteiger partial charge in [0.2, 0.25) is 0 Å². The Bertz CT molecular complexity index is 584. The Balaban J connectivity index is 2.00. The molecule has 1 aromatic carbocycles. The van der Waals surface area contributed by atoms with Gasteiger partial charge in [0, 0.05) is 18.1 Å². The maximum atomic E-state index is 9.73. The Morgan fingerprint density at radius 3 is 3.11 bits per heavy atom. The maximum absolute atomic E-state index is 9.73. The number of aliphatic hydroxyl groups excluding tert-OH is 1. The summed E-state index contributed by atoms with van der Waals surface area (Å²) in [6, 6.07) is 3.94. The average molecular weight is 283 g/mol. The molecule has 0 amide bonds. The first-order valence-corrected chi connectivity index (χ1v) is 7.33. The Kier molecular flexibility index (Phi) is 3.18. The quantitative estimate of drug-likeness (QED) is 0.872. The van der Waals surface area contributed by atoms with Crippen LogP contribution >= 0.6 is 22.9 Å². The van der Waals surface area contributed by atoms with Gasteiger partial charge in [0.1, 0.15) is 0 Å². The lowest BCUT2D eigenvalue weighted by Gasteiger charge is -2.29. The van der Waals surface area contributed by atoms with E-state index < -0.39 is 0 Å². The molecule has 0 bridgehead atoms. The number of aryl methyl sites for hydroxylation is 1. The summed E-state index contributed by atoms with van der Waals surface area (Å²) in [6.45, 7) is 3.66. The second kappa shape index (κ2) is 4.68. The zero-order chi connectivity index (χ0) is 12.7. The second-order valence-electron chi connectivity index (χ2n) is 4.76. The molecule has 0 saturated carbocycles. The van der Waals surface area contributed by atoms with E-state index in [1.165, 1.54) is 0 Å². The van der Waals surface area contributed by atoms with Crippen molar-refractivity contribution in [2.75, 3.05) is 18.0 Å². The molecular weight excluding hydrogens is 268 g/mol. The van der Waals surface area contributed by atoms with Crippen LogP contribution < -0.4 is 4.90 Å². The van der Waals surface area contributed by atoms with Gasteiger partial charge in [-0.1, -0.05) is 22.9 Å². The third-order valence-corrected chi connectivity index (χ3v) is 4.89. The van der Waals surface area contributed by atoms with Crippen LogP contribution in [0.5, 0.6) is 0 Å². The standard InChI is InChI=1S/C13H15ClN2OS/c1-8-10(14)4-5-11-12(8)15-13(18-11)16-6-2-3-9(17)7-16/h4-5,9,17H,2-3,6-7H2,1H3. The lowest BCUT2D eigenvalue weighted by atomic mass is 10.1. The van der Waals surface area contributed by atoms with Crippen molar-refractivity contribution in [1.29, 1.82) is 0 Å². The number of benzene rings is 1. The van der Waals surface area contributed by atoms with Crippen molar-refractivity contribution in [3.8, 4) is 0 Å². The first-order chi connectivity index (χ1) is 8.65. The van der Waals surface area contributed by atoms with E-state index in [1.54, 1.807) is 11.3 Å². The van der Waals surface area contributed by atoms with Gasteiger partial charge in [0.05, 0.1) is 16.3 Å². The fraction of sp³-hybridized carbons (Fsp3) is 0.462. The highest BCUT2D eigenvalue weighted by Crippen LogP contribution is 2.34. The van der Waals surface area contributed by atoms with Crippen LogP contribution in [0.15, 0.2) is 12.1 Å². The molecular formula is C13H15ClN2OS. The summed E-state index contributed by atoms with van der Waals surface area (Å²) in [5.41, 5.74) is 2.02. The molecule has 1 fully saturated rings. The number of piperidine rings is 1. The minimum absolute atomic E-state index is 0.226. The molecule has 1 N–H and O–H groups in total. The third kappa shape index (κ3) is 2.09. The van der Waals surface area contributed by atoms with Crippen molar-refractivity contribution < 1.29 is 5.11 Å². The number of aromatic nitrogens is 1. The van der Waals surface area contributed by atoms with Crippen LogP contribution in [0.2, 0.25) is 5.02 Å². The summed E-state index contributed by atoms with van der Waals surface area (Å²) in [5.74, 6) is 0. The molecule has 96 valence electrons. The van der Waals surface area contributed by atoms with E-state index in [1.807, 2.05) is 19.1 Å². The number of aliphatic hydroxyl groups is 1. The highest BCUT2D eigenvalue weighted by Gasteiger charge is 2.21. The van der Waals surface area contributed by atoms with Gasteiger partial charge in [-0.15, -0.1) is 0 Å². The second-order valence-corrected chi connectivity index (χ2v) is 6.17. The minimum atomic E-state index is -0.226. The number of hydrogen-bond donors (Lipinski definition) is 1. The number of fused-ring (bicyclic) bond motifs is 1. The summed E-state index contributed by atoms with van der Waals surface area (Å²) >= 11 is 7.79. The first kappa shape index (κ1) is 12.2. The van der Waals surface area contributed by atoms with Crippen LogP contribution in [0.25, 0.3) is 10.2 Å². The lowest BCUT2D eigenvalue weighted by molar-refractivity contribution is 0.154. The first-order valence-electron chi connectivity index (χ1n) is 6.14. The minimum Gasteiger partial charge on any atom is -0.391 e. The molecule has 5 heteroatoms. The van der Waals surface area contributed by atoms with Gasteiger partial charge in [-0.2, -0.15) is 0 Å². The van der Waals surface area contributed by atoms with Crippen molar-refractivity contribution in [3.63, 3.8) is 0 Å². The van der Waals surface area contributed by atoms with Crippen molar-refractivity contribution >= 4 is 38.3 Å². The third-order valence-electron chi connectivity index (χ3n) is 3.40. The lowest BCUT2D eigenvalue weighted by Crippen LogP contribution is -2.38. The number of nitrogens with zero attached hydrogens (tertiary/aromatic N) is 2. The summed E-state index contributed by atoms with van der Waals surface area (Å²) in [7, 11) is 0. The number of anilines is 1. The van der Waals surface area contributed by atoms with Gasteiger partial charge < -0.3 is 10.0 Å².